The fraction of sp³-hybridized carbons (Fsp3) is 0.250. The van der Waals surface area contributed by atoms with Gasteiger partial charge in [-0.2, -0.15) is 0 Å². The molecule has 120 valence electrons. The van der Waals surface area contributed by atoms with Crippen LogP contribution in [0.3, 0.4) is 0 Å². The van der Waals surface area contributed by atoms with E-state index in [-0.39, 0.29) is 25.2 Å². The molecule has 7 heteroatoms. The van der Waals surface area contributed by atoms with Crippen LogP contribution in [-0.2, 0) is 11.2 Å². The number of fused-ring (bicyclic) bond motifs is 1. The molecule has 0 unspecified atom stereocenters. The highest BCUT2D eigenvalue weighted by molar-refractivity contribution is 5.97. The third-order valence-corrected chi connectivity index (χ3v) is 3.32. The summed E-state index contributed by atoms with van der Waals surface area (Å²) < 4.78 is 15.6. The second kappa shape index (κ2) is 6.87. The van der Waals surface area contributed by atoms with E-state index in [1.165, 1.54) is 0 Å². The van der Waals surface area contributed by atoms with Crippen molar-refractivity contribution in [3.8, 4) is 11.5 Å². The number of benzene rings is 1. The summed E-state index contributed by atoms with van der Waals surface area (Å²) in [6.45, 7) is 0.510. The third kappa shape index (κ3) is 3.82. The fourth-order valence-corrected chi connectivity index (χ4v) is 2.14. The average Bonchev–Trinajstić information content (AvgIpc) is 3.23. The van der Waals surface area contributed by atoms with Gasteiger partial charge in [0.15, 0.2) is 11.5 Å². The van der Waals surface area contributed by atoms with Gasteiger partial charge in [0.25, 0.3) is 5.91 Å². The van der Waals surface area contributed by atoms with Crippen molar-refractivity contribution >= 4 is 11.8 Å². The van der Waals surface area contributed by atoms with Crippen LogP contribution in [0.25, 0.3) is 0 Å². The highest BCUT2D eigenvalue weighted by atomic mass is 16.7. The first-order valence-electron chi connectivity index (χ1n) is 7.19. The molecule has 2 amide bonds. The van der Waals surface area contributed by atoms with Crippen LogP contribution in [0.4, 0.5) is 0 Å². The number of amides is 2. The third-order valence-electron chi connectivity index (χ3n) is 3.32. The van der Waals surface area contributed by atoms with E-state index < -0.39 is 0 Å². The zero-order valence-electron chi connectivity index (χ0n) is 12.3. The Kier molecular flexibility index (Phi) is 4.46. The zero-order valence-corrected chi connectivity index (χ0v) is 12.3. The van der Waals surface area contributed by atoms with Crippen LogP contribution >= 0.6 is 0 Å². The highest BCUT2D eigenvalue weighted by Crippen LogP contribution is 2.32. The predicted molar refractivity (Wildman–Crippen MR) is 80.3 cm³/mol. The minimum absolute atomic E-state index is 0.0918. The quantitative estimate of drug-likeness (QED) is 0.833. The molecule has 0 fully saturated rings. The molecule has 0 saturated carbocycles. The monoisotopic (exact) mass is 316 g/mol. The molecule has 0 atom stereocenters. The summed E-state index contributed by atoms with van der Waals surface area (Å²) in [6, 6.07) is 8.52. The van der Waals surface area contributed by atoms with Crippen molar-refractivity contribution in [1.29, 1.82) is 0 Å². The molecule has 0 saturated heterocycles. The van der Waals surface area contributed by atoms with E-state index >= 15 is 0 Å². The summed E-state index contributed by atoms with van der Waals surface area (Å²) in [5.41, 5.74) is 0.414. The van der Waals surface area contributed by atoms with Crippen molar-refractivity contribution in [3.63, 3.8) is 0 Å². The largest absolute Gasteiger partial charge is 0.469 e. The van der Waals surface area contributed by atoms with E-state index in [4.69, 9.17) is 13.9 Å². The predicted octanol–water partition coefficient (Wildman–Crippen LogP) is 1.10. The van der Waals surface area contributed by atoms with E-state index in [1.807, 2.05) is 6.07 Å². The van der Waals surface area contributed by atoms with Gasteiger partial charge in [0.2, 0.25) is 12.7 Å². The number of rotatable bonds is 6. The molecule has 0 radical (unpaired) electrons. The van der Waals surface area contributed by atoms with Crippen molar-refractivity contribution in [2.75, 3.05) is 19.9 Å². The lowest BCUT2D eigenvalue weighted by molar-refractivity contribution is -0.120. The summed E-state index contributed by atoms with van der Waals surface area (Å²) in [5, 5.41) is 5.27. The van der Waals surface area contributed by atoms with Gasteiger partial charge < -0.3 is 24.5 Å². The molecule has 7 nitrogen and oxygen atoms in total. The molecule has 2 aromatic rings. The van der Waals surface area contributed by atoms with Crippen LogP contribution in [0.15, 0.2) is 41.0 Å². The Morgan fingerprint density at radius 1 is 1.09 bits per heavy atom. The second-order valence-corrected chi connectivity index (χ2v) is 4.93. The Bertz CT molecular complexity index is 697. The first-order chi connectivity index (χ1) is 11.2. The van der Waals surface area contributed by atoms with Gasteiger partial charge in [0.1, 0.15) is 5.76 Å². The number of nitrogens with one attached hydrogen (secondary N) is 2. The van der Waals surface area contributed by atoms with E-state index in [9.17, 15) is 9.59 Å². The molecule has 0 bridgehead atoms. The molecule has 1 aliphatic rings. The van der Waals surface area contributed by atoms with E-state index in [0.717, 1.165) is 5.76 Å². The molecule has 1 aromatic heterocycles. The summed E-state index contributed by atoms with van der Waals surface area (Å²) in [6.07, 6.45) is 2.19. The SMILES string of the molecule is O=C(CNC(=O)c1ccc2c(c1)OCO2)NCCc1ccco1. The number of ether oxygens (including phenoxy) is 2. The summed E-state index contributed by atoms with van der Waals surface area (Å²) >= 11 is 0. The van der Waals surface area contributed by atoms with Gasteiger partial charge in [-0.1, -0.05) is 0 Å². The zero-order chi connectivity index (χ0) is 16.1. The van der Waals surface area contributed by atoms with Gasteiger partial charge >= 0.3 is 0 Å². The Hall–Kier alpha value is -2.96. The van der Waals surface area contributed by atoms with Crippen LogP contribution < -0.4 is 20.1 Å². The normalized spacial score (nSPS) is 12.0. The van der Waals surface area contributed by atoms with Gasteiger partial charge in [-0.05, 0) is 30.3 Å². The van der Waals surface area contributed by atoms with E-state index in [1.54, 1.807) is 30.5 Å². The molecular weight excluding hydrogens is 300 g/mol. The average molecular weight is 316 g/mol. The topological polar surface area (TPSA) is 89.8 Å². The molecular formula is C16H16N2O5. The molecule has 0 spiro atoms. The van der Waals surface area contributed by atoms with Gasteiger partial charge in [0, 0.05) is 18.5 Å². The van der Waals surface area contributed by atoms with Crippen LogP contribution in [0.5, 0.6) is 11.5 Å². The maximum Gasteiger partial charge on any atom is 0.251 e. The van der Waals surface area contributed by atoms with Crippen molar-refractivity contribution in [2.45, 2.75) is 6.42 Å². The molecule has 2 N–H and O–H groups in total. The van der Waals surface area contributed by atoms with Crippen molar-refractivity contribution < 1.29 is 23.5 Å². The number of carbonyl (C=O) groups is 2. The standard InChI is InChI=1S/C16H16N2O5/c19-15(17-6-5-12-2-1-7-21-12)9-18-16(20)11-3-4-13-14(8-11)23-10-22-13/h1-4,7-8H,5-6,9-10H2,(H,17,19)(H,18,20). The lowest BCUT2D eigenvalue weighted by atomic mass is 10.2. The molecule has 1 aliphatic heterocycles. The number of hydrogen-bond acceptors (Lipinski definition) is 5. The molecule has 1 aromatic carbocycles. The van der Waals surface area contributed by atoms with Crippen LogP contribution in [0.1, 0.15) is 16.1 Å². The number of carbonyl (C=O) groups excluding carboxylic acids is 2. The lowest BCUT2D eigenvalue weighted by Gasteiger charge is -2.07. The smallest absolute Gasteiger partial charge is 0.251 e. The van der Waals surface area contributed by atoms with Crippen LogP contribution in [0.2, 0.25) is 0 Å². The minimum atomic E-state index is -0.343. The number of furan rings is 1. The number of hydrogen-bond donors (Lipinski definition) is 2. The summed E-state index contributed by atoms with van der Waals surface area (Å²) in [7, 11) is 0. The van der Waals surface area contributed by atoms with Gasteiger partial charge in [-0.3, -0.25) is 9.59 Å². The highest BCUT2D eigenvalue weighted by Gasteiger charge is 2.16. The first-order valence-corrected chi connectivity index (χ1v) is 7.19. The fourth-order valence-electron chi connectivity index (χ4n) is 2.14. The summed E-state index contributed by atoms with van der Waals surface area (Å²) in [5.74, 6) is 1.34. The minimum Gasteiger partial charge on any atom is -0.469 e. The van der Waals surface area contributed by atoms with Crippen LogP contribution in [-0.4, -0.2) is 31.7 Å². The van der Waals surface area contributed by atoms with Gasteiger partial charge in [-0.25, -0.2) is 0 Å². The molecule has 23 heavy (non-hydrogen) atoms. The molecule has 0 aliphatic carbocycles. The van der Waals surface area contributed by atoms with Gasteiger partial charge in [0.05, 0.1) is 12.8 Å². The van der Waals surface area contributed by atoms with Crippen molar-refractivity contribution in [2.24, 2.45) is 0 Å². The Morgan fingerprint density at radius 3 is 2.78 bits per heavy atom. The molecule has 2 heterocycles. The molecule has 3 rings (SSSR count). The lowest BCUT2D eigenvalue weighted by Crippen LogP contribution is -2.37. The maximum absolute atomic E-state index is 12.0. The van der Waals surface area contributed by atoms with Crippen molar-refractivity contribution in [3.05, 3.63) is 47.9 Å². The van der Waals surface area contributed by atoms with Crippen LogP contribution in [0, 0.1) is 0 Å². The van der Waals surface area contributed by atoms with Gasteiger partial charge in [-0.15, -0.1) is 0 Å². The summed E-state index contributed by atoms with van der Waals surface area (Å²) in [4.78, 5) is 23.7. The van der Waals surface area contributed by atoms with Crippen molar-refractivity contribution in [1.82, 2.24) is 10.6 Å². The Morgan fingerprint density at radius 2 is 1.96 bits per heavy atom. The Labute approximate surface area is 132 Å². The van der Waals surface area contributed by atoms with E-state index in [2.05, 4.69) is 10.6 Å². The second-order valence-electron chi connectivity index (χ2n) is 4.93. The maximum atomic E-state index is 12.0. The first kappa shape index (κ1) is 15.0. The Balaban J connectivity index is 1.42. The van der Waals surface area contributed by atoms with E-state index in [0.29, 0.717) is 30.0 Å².